The Labute approximate surface area is 149 Å². The summed E-state index contributed by atoms with van der Waals surface area (Å²) in [7, 11) is 0. The van der Waals surface area contributed by atoms with Crippen LogP contribution in [0, 0.1) is 18.3 Å². The van der Waals surface area contributed by atoms with Gasteiger partial charge in [-0.1, -0.05) is 27.7 Å². The molecular weight excluding hydrogens is 318 g/mol. The predicted molar refractivity (Wildman–Crippen MR) is 96.3 cm³/mol. The fourth-order valence-corrected chi connectivity index (χ4v) is 3.64. The Morgan fingerprint density at radius 2 is 1.92 bits per heavy atom. The zero-order chi connectivity index (χ0) is 18.9. The molecule has 0 aliphatic heterocycles. The first-order valence-corrected chi connectivity index (χ1v) is 8.81. The van der Waals surface area contributed by atoms with E-state index in [-0.39, 0.29) is 30.1 Å². The number of nitrogens with two attached hydrogens (primary N) is 1. The van der Waals surface area contributed by atoms with Gasteiger partial charge in [0.15, 0.2) is 5.78 Å². The zero-order valence-electron chi connectivity index (χ0n) is 15.9. The lowest BCUT2D eigenvalue weighted by atomic mass is 9.75. The van der Waals surface area contributed by atoms with Crippen LogP contribution < -0.4 is 11.1 Å². The van der Waals surface area contributed by atoms with E-state index < -0.39 is 5.91 Å². The van der Waals surface area contributed by atoms with Crippen LogP contribution in [0.1, 0.15) is 61.4 Å². The predicted octanol–water partition coefficient (Wildman–Crippen LogP) is 1.75. The van der Waals surface area contributed by atoms with Crippen LogP contribution in [0.4, 0.5) is 0 Å². The Balaban J connectivity index is 2.43. The van der Waals surface area contributed by atoms with E-state index >= 15 is 0 Å². The summed E-state index contributed by atoms with van der Waals surface area (Å²) >= 11 is 0. The molecule has 138 valence electrons. The minimum atomic E-state index is -0.581. The van der Waals surface area contributed by atoms with E-state index in [2.05, 4.69) is 37.6 Å². The number of hydrogen-bond donors (Lipinski definition) is 2. The van der Waals surface area contributed by atoms with Crippen LogP contribution in [-0.2, 0) is 29.0 Å². The van der Waals surface area contributed by atoms with Gasteiger partial charge in [0.2, 0.25) is 11.8 Å². The van der Waals surface area contributed by atoms with Gasteiger partial charge < -0.3 is 15.6 Å². The number of nitrogens with one attached hydrogen (secondary N) is 1. The standard InChI is InChI=1S/C19H29N3O3/c1-11(2)10-22-12(3)13(6-17(25)21-9-16(20)24)18-14(22)7-19(4,5)8-15(18)23/h11H,6-10H2,1-5H3,(H2,20,24)(H,21,25). The summed E-state index contributed by atoms with van der Waals surface area (Å²) in [6.07, 6.45) is 1.41. The molecule has 0 saturated heterocycles. The van der Waals surface area contributed by atoms with Crippen molar-refractivity contribution in [2.45, 2.75) is 60.4 Å². The molecule has 0 bridgehead atoms. The lowest BCUT2D eigenvalue weighted by molar-refractivity contribution is -0.124. The Morgan fingerprint density at radius 1 is 1.28 bits per heavy atom. The number of carbonyl (C=O) groups excluding carboxylic acids is 3. The van der Waals surface area contributed by atoms with Crippen molar-refractivity contribution in [1.82, 2.24) is 9.88 Å². The molecule has 2 amide bonds. The maximum Gasteiger partial charge on any atom is 0.236 e. The molecule has 0 aromatic carbocycles. The van der Waals surface area contributed by atoms with Gasteiger partial charge in [0, 0.05) is 29.9 Å². The number of ketones is 1. The third-order valence-electron chi connectivity index (χ3n) is 4.67. The highest BCUT2D eigenvalue weighted by molar-refractivity contribution is 6.02. The first-order chi connectivity index (χ1) is 11.5. The number of nitrogens with zero attached hydrogens (tertiary/aromatic N) is 1. The smallest absolute Gasteiger partial charge is 0.236 e. The van der Waals surface area contributed by atoms with E-state index in [1.165, 1.54) is 0 Å². The van der Waals surface area contributed by atoms with Crippen molar-refractivity contribution in [1.29, 1.82) is 0 Å². The number of amides is 2. The highest BCUT2D eigenvalue weighted by Gasteiger charge is 2.37. The Bertz CT molecular complexity index is 714. The molecule has 0 fully saturated rings. The molecule has 0 radical (unpaired) electrons. The SMILES string of the molecule is Cc1c(CC(=O)NCC(N)=O)c2c(n1CC(C)C)CC(C)(C)CC2=O. The lowest BCUT2D eigenvalue weighted by Gasteiger charge is -2.30. The Hall–Kier alpha value is -2.11. The number of rotatable bonds is 6. The van der Waals surface area contributed by atoms with Crippen LogP contribution in [0.25, 0.3) is 0 Å². The molecule has 25 heavy (non-hydrogen) atoms. The van der Waals surface area contributed by atoms with Crippen molar-refractivity contribution in [3.63, 3.8) is 0 Å². The minimum Gasteiger partial charge on any atom is -0.368 e. The number of primary amides is 1. The van der Waals surface area contributed by atoms with Crippen molar-refractivity contribution in [3.8, 4) is 0 Å². The van der Waals surface area contributed by atoms with E-state index in [1.807, 2.05) is 6.92 Å². The average molecular weight is 347 g/mol. The normalized spacial score (nSPS) is 16.0. The second-order valence-electron chi connectivity index (χ2n) is 8.25. The fraction of sp³-hybridized carbons (Fsp3) is 0.632. The second kappa shape index (κ2) is 7.02. The van der Waals surface area contributed by atoms with Crippen LogP contribution in [0.2, 0.25) is 0 Å². The molecule has 1 aliphatic rings. The van der Waals surface area contributed by atoms with Gasteiger partial charge in [0.25, 0.3) is 0 Å². The molecule has 1 heterocycles. The molecule has 0 unspecified atom stereocenters. The second-order valence-corrected chi connectivity index (χ2v) is 8.25. The molecule has 3 N–H and O–H groups in total. The number of aromatic nitrogens is 1. The number of fused-ring (bicyclic) bond motifs is 1. The molecule has 0 spiro atoms. The summed E-state index contributed by atoms with van der Waals surface area (Å²) in [6, 6.07) is 0. The third kappa shape index (κ3) is 4.30. The van der Waals surface area contributed by atoms with Gasteiger partial charge in [-0.15, -0.1) is 0 Å². The molecule has 1 aliphatic carbocycles. The first-order valence-electron chi connectivity index (χ1n) is 8.81. The monoisotopic (exact) mass is 347 g/mol. The maximum absolute atomic E-state index is 12.8. The Morgan fingerprint density at radius 3 is 2.48 bits per heavy atom. The highest BCUT2D eigenvalue weighted by atomic mass is 16.2. The topological polar surface area (TPSA) is 94.2 Å². The van der Waals surface area contributed by atoms with Crippen LogP contribution in [0.15, 0.2) is 0 Å². The Kier molecular flexibility index (Phi) is 5.40. The summed E-state index contributed by atoms with van der Waals surface area (Å²) in [5.74, 6) is -0.326. The zero-order valence-corrected chi connectivity index (χ0v) is 15.9. The van der Waals surface area contributed by atoms with E-state index in [0.717, 1.165) is 29.9 Å². The third-order valence-corrected chi connectivity index (χ3v) is 4.67. The molecular formula is C19H29N3O3. The van der Waals surface area contributed by atoms with Crippen LogP contribution in [-0.4, -0.2) is 28.7 Å². The lowest BCUT2D eigenvalue weighted by Crippen LogP contribution is -2.34. The van der Waals surface area contributed by atoms with Crippen molar-refractivity contribution in [2.75, 3.05) is 6.54 Å². The van der Waals surface area contributed by atoms with Crippen molar-refractivity contribution >= 4 is 17.6 Å². The van der Waals surface area contributed by atoms with E-state index in [1.54, 1.807) is 0 Å². The largest absolute Gasteiger partial charge is 0.368 e. The van der Waals surface area contributed by atoms with Gasteiger partial charge in [0.05, 0.1) is 13.0 Å². The molecule has 2 rings (SSSR count). The summed E-state index contributed by atoms with van der Waals surface area (Å²) in [4.78, 5) is 35.8. The van der Waals surface area contributed by atoms with E-state index in [0.29, 0.717) is 17.9 Å². The number of hydrogen-bond acceptors (Lipinski definition) is 3. The van der Waals surface area contributed by atoms with Gasteiger partial charge in [-0.05, 0) is 30.2 Å². The maximum atomic E-state index is 12.8. The molecule has 1 aromatic rings. The highest BCUT2D eigenvalue weighted by Crippen LogP contribution is 2.39. The quantitative estimate of drug-likeness (QED) is 0.821. The van der Waals surface area contributed by atoms with E-state index in [4.69, 9.17) is 5.73 Å². The summed E-state index contributed by atoms with van der Waals surface area (Å²) < 4.78 is 2.20. The molecule has 0 atom stereocenters. The van der Waals surface area contributed by atoms with Crippen LogP contribution in [0.5, 0.6) is 0 Å². The van der Waals surface area contributed by atoms with Gasteiger partial charge in [0.1, 0.15) is 0 Å². The number of Topliss-reactive ketones (excluding diaryl/α,β-unsaturated/α-hetero) is 1. The molecule has 1 aromatic heterocycles. The van der Waals surface area contributed by atoms with Crippen LogP contribution >= 0.6 is 0 Å². The van der Waals surface area contributed by atoms with Crippen LogP contribution in [0.3, 0.4) is 0 Å². The van der Waals surface area contributed by atoms with Gasteiger partial charge in [-0.2, -0.15) is 0 Å². The minimum absolute atomic E-state index is 0.0743. The van der Waals surface area contributed by atoms with E-state index in [9.17, 15) is 14.4 Å². The summed E-state index contributed by atoms with van der Waals surface area (Å²) in [5, 5.41) is 2.51. The van der Waals surface area contributed by atoms with Gasteiger partial charge in [-0.25, -0.2) is 0 Å². The molecule has 6 heteroatoms. The van der Waals surface area contributed by atoms with Crippen molar-refractivity contribution < 1.29 is 14.4 Å². The number of carbonyl (C=O) groups is 3. The molecule has 0 saturated carbocycles. The van der Waals surface area contributed by atoms with Crippen molar-refractivity contribution in [2.24, 2.45) is 17.1 Å². The summed E-state index contributed by atoms with van der Waals surface area (Å²) in [6.45, 7) is 11.1. The van der Waals surface area contributed by atoms with Gasteiger partial charge in [-0.3, -0.25) is 14.4 Å². The average Bonchev–Trinajstić information content (AvgIpc) is 2.69. The molecule has 6 nitrogen and oxygen atoms in total. The van der Waals surface area contributed by atoms with Gasteiger partial charge >= 0.3 is 0 Å². The fourth-order valence-electron chi connectivity index (χ4n) is 3.64. The first kappa shape index (κ1) is 19.2. The van der Waals surface area contributed by atoms with Crippen molar-refractivity contribution in [3.05, 3.63) is 22.5 Å². The summed E-state index contributed by atoms with van der Waals surface area (Å²) in [5.41, 5.74) is 8.52.